The van der Waals surface area contributed by atoms with Gasteiger partial charge in [-0.25, -0.2) is 13.8 Å². The van der Waals surface area contributed by atoms with Crippen molar-refractivity contribution in [3.63, 3.8) is 0 Å². The molecule has 0 amide bonds. The third kappa shape index (κ3) is 4.12. The highest BCUT2D eigenvalue weighted by Crippen LogP contribution is 2.28. The van der Waals surface area contributed by atoms with Gasteiger partial charge in [-0.3, -0.25) is 4.79 Å². The van der Waals surface area contributed by atoms with Gasteiger partial charge in [0.2, 0.25) is 0 Å². The van der Waals surface area contributed by atoms with E-state index >= 15 is 0 Å². The summed E-state index contributed by atoms with van der Waals surface area (Å²) in [7, 11) is 0. The topological polar surface area (TPSA) is 51.2 Å². The minimum Gasteiger partial charge on any atom is -0.466 e. The smallest absolute Gasteiger partial charge is 0.308 e. The van der Waals surface area contributed by atoms with Crippen molar-refractivity contribution in [1.82, 2.24) is 4.98 Å². The van der Waals surface area contributed by atoms with Crippen molar-refractivity contribution in [3.05, 3.63) is 22.3 Å². The van der Waals surface area contributed by atoms with Gasteiger partial charge in [0.05, 0.1) is 12.5 Å². The van der Waals surface area contributed by atoms with E-state index in [-0.39, 0.29) is 28.4 Å². The zero-order valence-electron chi connectivity index (χ0n) is 11.7. The van der Waals surface area contributed by atoms with E-state index in [9.17, 15) is 13.6 Å². The quantitative estimate of drug-likeness (QED) is 0.655. The Bertz CT molecular complexity index is 528. The summed E-state index contributed by atoms with van der Waals surface area (Å²) in [6, 6.07) is 0.706. The number of pyridine rings is 1. The number of halogens is 3. The molecule has 116 valence electrons. The molecule has 2 unspecified atom stereocenters. The van der Waals surface area contributed by atoms with E-state index in [0.717, 1.165) is 25.3 Å². The Morgan fingerprint density at radius 3 is 2.95 bits per heavy atom. The van der Waals surface area contributed by atoms with Gasteiger partial charge in [0.25, 0.3) is 0 Å². The monoisotopic (exact) mass is 362 g/mol. The fourth-order valence-corrected chi connectivity index (χ4v) is 2.83. The van der Waals surface area contributed by atoms with E-state index in [1.54, 1.807) is 6.92 Å². The van der Waals surface area contributed by atoms with E-state index in [0.29, 0.717) is 13.0 Å². The molecule has 1 aromatic heterocycles. The van der Waals surface area contributed by atoms with Crippen LogP contribution in [0.2, 0.25) is 0 Å². The number of carbonyl (C=O) groups is 1. The fourth-order valence-electron chi connectivity index (χ4n) is 2.53. The predicted molar refractivity (Wildman–Crippen MR) is 77.9 cm³/mol. The van der Waals surface area contributed by atoms with Gasteiger partial charge in [-0.2, -0.15) is 0 Å². The average molecular weight is 363 g/mol. The van der Waals surface area contributed by atoms with Crippen LogP contribution in [0.3, 0.4) is 0 Å². The van der Waals surface area contributed by atoms with Gasteiger partial charge < -0.3 is 10.1 Å². The normalized spacial score (nSPS) is 21.9. The lowest BCUT2D eigenvalue weighted by Gasteiger charge is -2.28. The van der Waals surface area contributed by atoms with Crippen molar-refractivity contribution in [3.8, 4) is 0 Å². The average Bonchev–Trinajstić information content (AvgIpc) is 2.45. The van der Waals surface area contributed by atoms with E-state index in [4.69, 9.17) is 4.74 Å². The number of esters is 1. The number of nitrogens with zero attached hydrogens (tertiary/aromatic N) is 1. The molecule has 1 N–H and O–H groups in total. The third-order valence-electron chi connectivity index (χ3n) is 3.52. The van der Waals surface area contributed by atoms with Gasteiger partial charge in [-0.05, 0) is 42.1 Å². The zero-order chi connectivity index (χ0) is 15.4. The Balaban J connectivity index is 2.03. The molecule has 1 fully saturated rings. The minimum atomic E-state index is -0.744. The van der Waals surface area contributed by atoms with Crippen LogP contribution in [-0.4, -0.2) is 23.6 Å². The Morgan fingerprint density at radius 1 is 1.48 bits per heavy atom. The highest BCUT2D eigenvalue weighted by atomic mass is 79.9. The first kappa shape index (κ1) is 16.1. The fraction of sp³-hybridized carbons (Fsp3) is 0.571. The van der Waals surface area contributed by atoms with Crippen LogP contribution in [0.1, 0.15) is 32.6 Å². The van der Waals surface area contributed by atoms with Gasteiger partial charge in [-0.15, -0.1) is 0 Å². The molecule has 0 aliphatic heterocycles. The van der Waals surface area contributed by atoms with Crippen molar-refractivity contribution < 1.29 is 18.3 Å². The Kier molecular flexibility index (Phi) is 5.50. The molecule has 1 aromatic rings. The van der Waals surface area contributed by atoms with Crippen molar-refractivity contribution in [2.45, 2.75) is 38.6 Å². The molecule has 0 spiro atoms. The van der Waals surface area contributed by atoms with Crippen LogP contribution in [0, 0.1) is 17.6 Å². The Morgan fingerprint density at radius 2 is 2.24 bits per heavy atom. The molecule has 1 aliphatic rings. The molecule has 1 aliphatic carbocycles. The third-order valence-corrected chi connectivity index (χ3v) is 4.08. The van der Waals surface area contributed by atoms with E-state index in [1.165, 1.54) is 0 Å². The van der Waals surface area contributed by atoms with Gasteiger partial charge in [0, 0.05) is 12.1 Å². The number of ether oxygens (including phenoxy) is 1. The number of anilines is 1. The first-order chi connectivity index (χ1) is 10.0. The zero-order valence-corrected chi connectivity index (χ0v) is 13.3. The molecular weight excluding hydrogens is 346 g/mol. The van der Waals surface area contributed by atoms with Crippen molar-refractivity contribution in [2.75, 3.05) is 11.9 Å². The highest BCUT2D eigenvalue weighted by molar-refractivity contribution is 9.10. The van der Waals surface area contributed by atoms with Crippen LogP contribution in [0.15, 0.2) is 10.7 Å². The standard InChI is InChI=1S/C14H17BrF2N2O2/c1-2-21-14(20)8-4-3-5-9(6-8)18-13-11(17)7-10(16)12(15)19-13/h7-9H,2-6H2,1H3,(H,18,19). The second-order valence-electron chi connectivity index (χ2n) is 5.05. The van der Waals surface area contributed by atoms with Crippen molar-refractivity contribution in [2.24, 2.45) is 5.92 Å². The Labute approximate surface area is 130 Å². The summed E-state index contributed by atoms with van der Waals surface area (Å²) < 4.78 is 31.8. The summed E-state index contributed by atoms with van der Waals surface area (Å²) >= 11 is 2.93. The highest BCUT2D eigenvalue weighted by Gasteiger charge is 2.29. The summed E-state index contributed by atoms with van der Waals surface area (Å²) in [4.78, 5) is 15.6. The summed E-state index contributed by atoms with van der Waals surface area (Å²) in [5.74, 6) is -1.88. The minimum absolute atomic E-state index is 0.00205. The lowest BCUT2D eigenvalue weighted by molar-refractivity contribution is -0.149. The molecule has 1 heterocycles. The van der Waals surface area contributed by atoms with Crippen LogP contribution < -0.4 is 5.32 Å². The molecule has 0 saturated heterocycles. The molecule has 21 heavy (non-hydrogen) atoms. The summed E-state index contributed by atoms with van der Waals surface area (Å²) in [5.41, 5.74) is 0. The Hall–Kier alpha value is -1.24. The number of nitrogens with one attached hydrogen (secondary N) is 1. The second kappa shape index (κ2) is 7.15. The molecule has 2 atom stereocenters. The number of aromatic nitrogens is 1. The van der Waals surface area contributed by atoms with Crippen LogP contribution >= 0.6 is 15.9 Å². The molecule has 0 radical (unpaired) electrons. The van der Waals surface area contributed by atoms with Crippen molar-refractivity contribution >= 4 is 27.7 Å². The number of hydrogen-bond acceptors (Lipinski definition) is 4. The SMILES string of the molecule is CCOC(=O)C1CCCC(Nc2nc(Br)c(F)cc2F)C1. The lowest BCUT2D eigenvalue weighted by Crippen LogP contribution is -2.32. The second-order valence-corrected chi connectivity index (χ2v) is 5.80. The summed E-state index contributed by atoms with van der Waals surface area (Å²) in [6.45, 7) is 2.13. The largest absolute Gasteiger partial charge is 0.466 e. The molecule has 4 nitrogen and oxygen atoms in total. The first-order valence-corrected chi connectivity index (χ1v) is 7.75. The summed E-state index contributed by atoms with van der Waals surface area (Å²) in [5, 5.41) is 2.95. The number of rotatable bonds is 4. The maximum Gasteiger partial charge on any atom is 0.308 e. The van der Waals surface area contributed by atoms with E-state index in [1.807, 2.05) is 0 Å². The van der Waals surface area contributed by atoms with Crippen LogP contribution in [0.25, 0.3) is 0 Å². The maximum atomic E-state index is 13.7. The van der Waals surface area contributed by atoms with Crippen molar-refractivity contribution in [1.29, 1.82) is 0 Å². The van der Waals surface area contributed by atoms with Gasteiger partial charge in [0.1, 0.15) is 4.60 Å². The lowest BCUT2D eigenvalue weighted by atomic mass is 9.85. The summed E-state index contributed by atoms with van der Waals surface area (Å²) in [6.07, 6.45) is 3.01. The van der Waals surface area contributed by atoms with Gasteiger partial charge >= 0.3 is 5.97 Å². The predicted octanol–water partition coefficient (Wildman–Crippen LogP) is 3.66. The van der Waals surface area contributed by atoms with Crippen LogP contribution in [0.5, 0.6) is 0 Å². The van der Waals surface area contributed by atoms with Gasteiger partial charge in [0.15, 0.2) is 17.5 Å². The maximum absolute atomic E-state index is 13.7. The molecule has 0 bridgehead atoms. The molecule has 1 saturated carbocycles. The van der Waals surface area contributed by atoms with Gasteiger partial charge in [-0.1, -0.05) is 6.42 Å². The number of hydrogen-bond donors (Lipinski definition) is 1. The molecule has 2 rings (SSSR count). The van der Waals surface area contributed by atoms with E-state index in [2.05, 4.69) is 26.2 Å². The van der Waals surface area contributed by atoms with Crippen LogP contribution in [0.4, 0.5) is 14.6 Å². The van der Waals surface area contributed by atoms with E-state index < -0.39 is 11.6 Å². The van der Waals surface area contributed by atoms with Crippen LogP contribution in [-0.2, 0) is 9.53 Å². The molecular formula is C14H17BrF2N2O2. The first-order valence-electron chi connectivity index (χ1n) is 6.96. The molecule has 0 aromatic carbocycles. The number of carbonyl (C=O) groups excluding carboxylic acids is 1. The molecule has 7 heteroatoms.